The number of rotatable bonds is 1. The summed E-state index contributed by atoms with van der Waals surface area (Å²) in [7, 11) is 0. The van der Waals surface area contributed by atoms with Crippen LogP contribution < -0.4 is 0 Å². The van der Waals surface area contributed by atoms with Gasteiger partial charge in [-0.1, -0.05) is 23.2 Å². The van der Waals surface area contributed by atoms with E-state index in [-0.39, 0.29) is 10.8 Å². The van der Waals surface area contributed by atoms with Crippen LogP contribution in [0.15, 0.2) is 29.3 Å². The Morgan fingerprint density at radius 1 is 1.00 bits per heavy atom. The summed E-state index contributed by atoms with van der Waals surface area (Å²) in [6.45, 7) is 0. The molecule has 1 aromatic carbocycles. The molecule has 0 aromatic heterocycles. The molecule has 5 heteroatoms. The van der Waals surface area contributed by atoms with Gasteiger partial charge in [0.15, 0.2) is 5.76 Å². The van der Waals surface area contributed by atoms with Gasteiger partial charge < -0.3 is 4.74 Å². The van der Waals surface area contributed by atoms with Crippen molar-refractivity contribution in [2.75, 3.05) is 0 Å². The second-order valence-electron chi connectivity index (χ2n) is 2.87. The first kappa shape index (κ1) is 10.2. The summed E-state index contributed by atoms with van der Waals surface area (Å²) in [6, 6.07) is 6.47. The minimum absolute atomic E-state index is 0.0864. The lowest BCUT2D eigenvalue weighted by molar-refractivity contribution is -0.144. The second-order valence-corrected chi connectivity index (χ2v) is 3.68. The molecule has 1 heterocycles. The van der Waals surface area contributed by atoms with Gasteiger partial charge in [0, 0.05) is 10.6 Å². The Bertz CT molecular complexity index is 474. The highest BCUT2D eigenvalue weighted by molar-refractivity contribution is 6.61. The molecule has 0 N–H and O–H groups in total. The van der Waals surface area contributed by atoms with Crippen LogP contribution in [0.4, 0.5) is 0 Å². The molecule has 0 amide bonds. The van der Waals surface area contributed by atoms with Crippen LogP contribution in [0.5, 0.6) is 0 Å². The van der Waals surface area contributed by atoms with Gasteiger partial charge in [0.25, 0.3) is 5.78 Å². The molecule has 0 saturated heterocycles. The number of cyclic esters (lactones) is 1. The number of esters is 1. The number of hydrogen-bond acceptors (Lipinski definition) is 3. The summed E-state index contributed by atoms with van der Waals surface area (Å²) < 4.78 is 4.73. The van der Waals surface area contributed by atoms with Crippen LogP contribution in [-0.2, 0) is 14.3 Å². The highest BCUT2D eigenvalue weighted by atomic mass is 35.5. The summed E-state index contributed by atoms with van der Waals surface area (Å²) in [5.74, 6) is -1.69. The van der Waals surface area contributed by atoms with Gasteiger partial charge in [0.2, 0.25) is 0 Å². The van der Waals surface area contributed by atoms with Crippen LogP contribution in [0, 0.1) is 0 Å². The Labute approximate surface area is 95.2 Å². The Morgan fingerprint density at radius 3 is 2.07 bits per heavy atom. The van der Waals surface area contributed by atoms with E-state index in [2.05, 4.69) is 0 Å². The van der Waals surface area contributed by atoms with E-state index < -0.39 is 11.8 Å². The molecule has 0 radical (unpaired) electrons. The van der Waals surface area contributed by atoms with E-state index in [4.69, 9.17) is 27.9 Å². The zero-order valence-electron chi connectivity index (χ0n) is 7.29. The summed E-state index contributed by atoms with van der Waals surface area (Å²) in [5.41, 5.74) is 0.545. The number of ketones is 1. The summed E-state index contributed by atoms with van der Waals surface area (Å²) in [6.07, 6.45) is 0. The molecule has 0 bridgehead atoms. The van der Waals surface area contributed by atoms with Crippen LogP contribution in [0.1, 0.15) is 5.56 Å². The molecule has 2 rings (SSSR count). The molecule has 3 nitrogen and oxygen atoms in total. The number of hydrogen-bond donors (Lipinski definition) is 0. The summed E-state index contributed by atoms with van der Waals surface area (Å²) in [5, 5.41) is 0.355. The van der Waals surface area contributed by atoms with Gasteiger partial charge in [-0.2, -0.15) is 0 Å². The van der Waals surface area contributed by atoms with E-state index in [1.54, 1.807) is 24.3 Å². The first-order chi connectivity index (χ1) is 7.09. The van der Waals surface area contributed by atoms with Crippen LogP contribution in [0.3, 0.4) is 0 Å². The van der Waals surface area contributed by atoms with Crippen molar-refractivity contribution >= 4 is 40.7 Å². The molecule has 1 aliphatic rings. The van der Waals surface area contributed by atoms with E-state index in [1.807, 2.05) is 0 Å². The van der Waals surface area contributed by atoms with E-state index >= 15 is 0 Å². The second kappa shape index (κ2) is 3.68. The SMILES string of the molecule is O=C1OC(c2ccc(Cl)cc2)=C(Cl)C1=O. The fraction of sp³-hybridized carbons (Fsp3) is 0. The third kappa shape index (κ3) is 1.76. The first-order valence-corrected chi connectivity index (χ1v) is 4.77. The number of Topliss-reactive ketones (excluding diaryl/α,β-unsaturated/α-hetero) is 1. The molecule has 1 aliphatic heterocycles. The number of benzene rings is 1. The molecule has 0 spiro atoms. The van der Waals surface area contributed by atoms with Gasteiger partial charge in [0.1, 0.15) is 5.03 Å². The van der Waals surface area contributed by atoms with Crippen molar-refractivity contribution in [3.8, 4) is 0 Å². The average molecular weight is 243 g/mol. The minimum Gasteiger partial charge on any atom is -0.418 e. The quantitative estimate of drug-likeness (QED) is 0.561. The van der Waals surface area contributed by atoms with E-state index in [1.165, 1.54) is 0 Å². The normalized spacial score (nSPS) is 15.9. The van der Waals surface area contributed by atoms with Crippen LogP contribution >= 0.6 is 23.2 Å². The zero-order valence-corrected chi connectivity index (χ0v) is 8.80. The van der Waals surface area contributed by atoms with Crippen molar-refractivity contribution in [3.05, 3.63) is 39.9 Å². The molecule has 0 unspecified atom stereocenters. The fourth-order valence-electron chi connectivity index (χ4n) is 1.16. The molecule has 0 fully saturated rings. The van der Waals surface area contributed by atoms with Crippen molar-refractivity contribution < 1.29 is 14.3 Å². The fourth-order valence-corrected chi connectivity index (χ4v) is 1.51. The van der Waals surface area contributed by atoms with Gasteiger partial charge in [-0.05, 0) is 24.3 Å². The van der Waals surface area contributed by atoms with Crippen molar-refractivity contribution in [1.29, 1.82) is 0 Å². The van der Waals surface area contributed by atoms with Gasteiger partial charge in [0.05, 0.1) is 0 Å². The van der Waals surface area contributed by atoms with Crippen molar-refractivity contribution in [2.45, 2.75) is 0 Å². The summed E-state index contributed by atoms with van der Waals surface area (Å²) >= 11 is 11.3. The minimum atomic E-state index is -0.954. The highest BCUT2D eigenvalue weighted by Gasteiger charge is 2.33. The van der Waals surface area contributed by atoms with Crippen molar-refractivity contribution in [3.63, 3.8) is 0 Å². The van der Waals surface area contributed by atoms with E-state index in [9.17, 15) is 9.59 Å². The monoisotopic (exact) mass is 242 g/mol. The Kier molecular flexibility index (Phi) is 2.50. The molecule has 15 heavy (non-hydrogen) atoms. The Morgan fingerprint density at radius 2 is 1.60 bits per heavy atom. The predicted molar refractivity (Wildman–Crippen MR) is 55.3 cm³/mol. The third-order valence-electron chi connectivity index (χ3n) is 1.89. The van der Waals surface area contributed by atoms with E-state index in [0.717, 1.165) is 0 Å². The maximum Gasteiger partial charge on any atom is 0.386 e. The molecule has 0 saturated carbocycles. The largest absolute Gasteiger partial charge is 0.418 e. The lowest BCUT2D eigenvalue weighted by Gasteiger charge is -2.01. The van der Waals surface area contributed by atoms with Crippen LogP contribution in [-0.4, -0.2) is 11.8 Å². The van der Waals surface area contributed by atoms with Crippen molar-refractivity contribution in [2.24, 2.45) is 0 Å². The zero-order chi connectivity index (χ0) is 11.0. The van der Waals surface area contributed by atoms with Gasteiger partial charge >= 0.3 is 5.97 Å². The van der Waals surface area contributed by atoms with E-state index in [0.29, 0.717) is 10.6 Å². The number of carbonyl (C=O) groups excluding carboxylic acids is 2. The van der Waals surface area contributed by atoms with Crippen molar-refractivity contribution in [1.82, 2.24) is 0 Å². The van der Waals surface area contributed by atoms with Gasteiger partial charge in [-0.25, -0.2) is 4.79 Å². The maximum atomic E-state index is 11.1. The molecular weight excluding hydrogens is 239 g/mol. The summed E-state index contributed by atoms with van der Waals surface area (Å²) in [4.78, 5) is 22.0. The molecule has 0 atom stereocenters. The van der Waals surface area contributed by atoms with Gasteiger partial charge in [-0.15, -0.1) is 0 Å². The molecule has 0 aliphatic carbocycles. The van der Waals surface area contributed by atoms with Gasteiger partial charge in [-0.3, -0.25) is 4.79 Å². The number of halogens is 2. The average Bonchev–Trinajstić information content (AvgIpc) is 2.47. The Hall–Kier alpha value is -1.32. The standard InChI is InChI=1S/C10H4Cl2O3/c11-6-3-1-5(2-4-6)9-7(12)8(13)10(14)15-9/h1-4H. The predicted octanol–water partition coefficient (Wildman–Crippen LogP) is 2.37. The number of carbonyl (C=O) groups is 2. The third-order valence-corrected chi connectivity index (χ3v) is 2.48. The number of ether oxygens (including phenoxy) is 1. The highest BCUT2D eigenvalue weighted by Crippen LogP contribution is 2.29. The lowest BCUT2D eigenvalue weighted by Crippen LogP contribution is -2.07. The smallest absolute Gasteiger partial charge is 0.386 e. The lowest BCUT2D eigenvalue weighted by atomic mass is 10.2. The maximum absolute atomic E-state index is 11.1. The molecule has 1 aromatic rings. The molecule has 76 valence electrons. The first-order valence-electron chi connectivity index (χ1n) is 4.02. The molecular formula is C10H4Cl2O3. The Balaban J connectivity index is 2.45. The van der Waals surface area contributed by atoms with Crippen LogP contribution in [0.25, 0.3) is 5.76 Å². The van der Waals surface area contributed by atoms with Crippen LogP contribution in [0.2, 0.25) is 5.02 Å². The topological polar surface area (TPSA) is 43.4 Å².